The average Bonchev–Trinajstić information content (AvgIpc) is 3.18. The Balaban J connectivity index is 1.81. The molecule has 2 rings (SSSR count). The van der Waals surface area contributed by atoms with E-state index in [1.807, 2.05) is 11.9 Å². The van der Waals surface area contributed by atoms with Crippen molar-refractivity contribution in [3.8, 4) is 0 Å². The number of halogens is 2. The molecule has 2 N–H and O–H groups in total. The summed E-state index contributed by atoms with van der Waals surface area (Å²) in [6, 6.07) is 5.42. The number of amides is 1. The minimum atomic E-state index is -0.818. The number of benzene rings is 1. The molecule has 20 heavy (non-hydrogen) atoms. The van der Waals surface area contributed by atoms with E-state index in [2.05, 4.69) is 5.32 Å². The fourth-order valence-electron chi connectivity index (χ4n) is 2.02. The second kappa shape index (κ2) is 6.76. The van der Waals surface area contributed by atoms with Crippen LogP contribution in [0.1, 0.15) is 24.5 Å². The maximum atomic E-state index is 11.7. The van der Waals surface area contributed by atoms with Crippen LogP contribution in [0.25, 0.3) is 0 Å². The van der Waals surface area contributed by atoms with Gasteiger partial charge in [-0.25, -0.2) is 0 Å². The summed E-state index contributed by atoms with van der Waals surface area (Å²) in [6.45, 7) is 0.502. The lowest BCUT2D eigenvalue weighted by Gasteiger charge is -2.17. The third-order valence-corrected chi connectivity index (χ3v) is 3.76. The highest BCUT2D eigenvalue weighted by Gasteiger charge is 2.27. The van der Waals surface area contributed by atoms with Crippen molar-refractivity contribution >= 4 is 29.1 Å². The lowest BCUT2D eigenvalue weighted by molar-refractivity contribution is -0.122. The molecule has 0 saturated heterocycles. The van der Waals surface area contributed by atoms with Gasteiger partial charge in [0.15, 0.2) is 0 Å². The molecular weight excluding hydrogens is 299 g/mol. The summed E-state index contributed by atoms with van der Waals surface area (Å²) in [4.78, 5) is 13.8. The second-order valence-corrected chi connectivity index (χ2v) is 6.04. The molecule has 1 aliphatic carbocycles. The molecular formula is C14H18Cl2N2O2. The summed E-state index contributed by atoms with van der Waals surface area (Å²) in [5.41, 5.74) is 0.596. The molecule has 0 bridgehead atoms. The van der Waals surface area contributed by atoms with Crippen LogP contribution < -0.4 is 5.32 Å². The van der Waals surface area contributed by atoms with Gasteiger partial charge in [0.2, 0.25) is 5.91 Å². The Morgan fingerprint density at radius 1 is 1.40 bits per heavy atom. The SMILES string of the molecule is CN(CC(=O)NCC(O)c1cc(Cl)cc(Cl)c1)C1CC1. The molecule has 4 nitrogen and oxygen atoms in total. The monoisotopic (exact) mass is 316 g/mol. The van der Waals surface area contributed by atoms with E-state index < -0.39 is 6.10 Å². The van der Waals surface area contributed by atoms with Gasteiger partial charge in [-0.1, -0.05) is 23.2 Å². The summed E-state index contributed by atoms with van der Waals surface area (Å²) < 4.78 is 0. The summed E-state index contributed by atoms with van der Waals surface area (Å²) >= 11 is 11.8. The number of aliphatic hydroxyl groups is 1. The minimum Gasteiger partial charge on any atom is -0.387 e. The Morgan fingerprint density at radius 2 is 2.00 bits per heavy atom. The van der Waals surface area contributed by atoms with E-state index >= 15 is 0 Å². The quantitative estimate of drug-likeness (QED) is 0.846. The smallest absolute Gasteiger partial charge is 0.234 e. The fraction of sp³-hybridized carbons (Fsp3) is 0.500. The van der Waals surface area contributed by atoms with Crippen molar-refractivity contribution in [2.75, 3.05) is 20.1 Å². The largest absolute Gasteiger partial charge is 0.387 e. The zero-order valence-corrected chi connectivity index (χ0v) is 12.8. The van der Waals surface area contributed by atoms with Crippen molar-refractivity contribution < 1.29 is 9.90 Å². The first-order valence-corrected chi connectivity index (χ1v) is 7.32. The first-order chi connectivity index (χ1) is 9.45. The molecule has 1 atom stereocenters. The Kier molecular flexibility index (Phi) is 5.27. The maximum Gasteiger partial charge on any atom is 0.234 e. The molecule has 0 heterocycles. The van der Waals surface area contributed by atoms with Gasteiger partial charge in [-0.2, -0.15) is 0 Å². The highest BCUT2D eigenvalue weighted by Crippen LogP contribution is 2.25. The van der Waals surface area contributed by atoms with Crippen molar-refractivity contribution in [1.82, 2.24) is 10.2 Å². The van der Waals surface area contributed by atoms with E-state index in [1.54, 1.807) is 18.2 Å². The molecule has 6 heteroatoms. The number of hydrogen-bond donors (Lipinski definition) is 2. The van der Waals surface area contributed by atoms with E-state index in [0.717, 1.165) is 12.8 Å². The van der Waals surface area contributed by atoms with Gasteiger partial charge < -0.3 is 10.4 Å². The normalized spacial score (nSPS) is 16.2. The zero-order valence-electron chi connectivity index (χ0n) is 11.3. The molecule has 1 aliphatic rings. The molecule has 1 aromatic carbocycles. The van der Waals surface area contributed by atoms with Crippen molar-refractivity contribution in [2.45, 2.75) is 25.0 Å². The van der Waals surface area contributed by atoms with E-state index in [4.69, 9.17) is 23.2 Å². The van der Waals surface area contributed by atoms with Gasteiger partial charge in [-0.3, -0.25) is 9.69 Å². The number of carbonyl (C=O) groups is 1. The third-order valence-electron chi connectivity index (χ3n) is 3.33. The topological polar surface area (TPSA) is 52.6 Å². The predicted octanol–water partition coefficient (Wildman–Crippen LogP) is 2.24. The van der Waals surface area contributed by atoms with Gasteiger partial charge >= 0.3 is 0 Å². The molecule has 0 radical (unpaired) electrons. The number of likely N-dealkylation sites (N-methyl/N-ethyl adjacent to an activating group) is 1. The predicted molar refractivity (Wildman–Crippen MR) is 80.1 cm³/mol. The van der Waals surface area contributed by atoms with Crippen molar-refractivity contribution in [2.24, 2.45) is 0 Å². The van der Waals surface area contributed by atoms with Gasteiger partial charge in [0, 0.05) is 22.6 Å². The number of aliphatic hydroxyl groups excluding tert-OH is 1. The van der Waals surface area contributed by atoms with Crippen LogP contribution in [0.5, 0.6) is 0 Å². The Morgan fingerprint density at radius 3 is 2.55 bits per heavy atom. The van der Waals surface area contributed by atoms with Crippen LogP contribution in [0, 0.1) is 0 Å². The first-order valence-electron chi connectivity index (χ1n) is 6.56. The van der Waals surface area contributed by atoms with E-state index in [0.29, 0.717) is 28.2 Å². The van der Waals surface area contributed by atoms with Gasteiger partial charge in [0.05, 0.1) is 12.6 Å². The maximum absolute atomic E-state index is 11.7. The number of rotatable bonds is 6. The molecule has 1 unspecified atom stereocenters. The Bertz CT molecular complexity index is 472. The summed E-state index contributed by atoms with van der Waals surface area (Å²) in [7, 11) is 1.93. The molecule has 1 amide bonds. The molecule has 0 aliphatic heterocycles. The van der Waals surface area contributed by atoms with Gasteiger partial charge in [-0.05, 0) is 43.7 Å². The summed E-state index contributed by atoms with van der Waals surface area (Å²) in [5, 5.41) is 13.7. The highest BCUT2D eigenvalue weighted by atomic mass is 35.5. The average molecular weight is 317 g/mol. The van der Waals surface area contributed by atoms with Crippen LogP contribution in [0.15, 0.2) is 18.2 Å². The Labute approximate surface area is 128 Å². The lowest BCUT2D eigenvalue weighted by Crippen LogP contribution is -2.38. The van der Waals surface area contributed by atoms with E-state index in [-0.39, 0.29) is 12.5 Å². The zero-order chi connectivity index (χ0) is 14.7. The number of nitrogens with one attached hydrogen (secondary N) is 1. The lowest BCUT2D eigenvalue weighted by atomic mass is 10.1. The summed E-state index contributed by atoms with van der Waals surface area (Å²) in [5.74, 6) is -0.0911. The molecule has 1 aromatic rings. The van der Waals surface area contributed by atoms with Crippen LogP contribution in [0.2, 0.25) is 10.0 Å². The van der Waals surface area contributed by atoms with E-state index in [9.17, 15) is 9.90 Å². The first kappa shape index (κ1) is 15.6. The summed E-state index contributed by atoms with van der Waals surface area (Å²) in [6.07, 6.45) is 1.50. The van der Waals surface area contributed by atoms with E-state index in [1.165, 1.54) is 0 Å². The van der Waals surface area contributed by atoms with Crippen LogP contribution >= 0.6 is 23.2 Å². The number of nitrogens with zero attached hydrogens (tertiary/aromatic N) is 1. The van der Waals surface area contributed by atoms with Gasteiger partial charge in [-0.15, -0.1) is 0 Å². The number of hydrogen-bond acceptors (Lipinski definition) is 3. The molecule has 0 aromatic heterocycles. The fourth-order valence-corrected chi connectivity index (χ4v) is 2.57. The Hall–Kier alpha value is -0.810. The number of carbonyl (C=O) groups excluding carboxylic acids is 1. The molecule has 1 saturated carbocycles. The van der Waals surface area contributed by atoms with Crippen LogP contribution in [-0.4, -0.2) is 42.1 Å². The van der Waals surface area contributed by atoms with Crippen molar-refractivity contribution in [1.29, 1.82) is 0 Å². The van der Waals surface area contributed by atoms with Gasteiger partial charge in [0.25, 0.3) is 0 Å². The molecule has 1 fully saturated rings. The third kappa shape index (κ3) is 4.63. The van der Waals surface area contributed by atoms with Crippen molar-refractivity contribution in [3.63, 3.8) is 0 Å². The second-order valence-electron chi connectivity index (χ2n) is 5.17. The standard InChI is InChI=1S/C14H18Cl2N2O2/c1-18(12-2-3-12)8-14(20)17-7-13(19)9-4-10(15)6-11(16)5-9/h4-6,12-13,19H,2-3,7-8H2,1H3,(H,17,20). The highest BCUT2D eigenvalue weighted by molar-refractivity contribution is 6.34. The molecule has 110 valence electrons. The molecule has 0 spiro atoms. The van der Waals surface area contributed by atoms with Crippen LogP contribution in [0.3, 0.4) is 0 Å². The van der Waals surface area contributed by atoms with Gasteiger partial charge in [0.1, 0.15) is 0 Å². The van der Waals surface area contributed by atoms with Crippen LogP contribution in [0.4, 0.5) is 0 Å². The van der Waals surface area contributed by atoms with Crippen molar-refractivity contribution in [3.05, 3.63) is 33.8 Å². The van der Waals surface area contributed by atoms with Crippen LogP contribution in [-0.2, 0) is 4.79 Å². The minimum absolute atomic E-state index is 0.0911.